The molecular formula is C7H15IN2. The molecule has 0 radical (unpaired) electrons. The Kier molecular flexibility index (Phi) is 3.39. The third-order valence-corrected chi connectivity index (χ3v) is 2.54. The summed E-state index contributed by atoms with van der Waals surface area (Å²) >= 11 is 2.34. The number of halogens is 1. The van der Waals surface area contributed by atoms with Gasteiger partial charge in [-0.3, -0.25) is 0 Å². The van der Waals surface area contributed by atoms with Crippen LogP contribution < -0.4 is 5.32 Å². The molecule has 60 valence electrons. The smallest absolute Gasteiger partial charge is 0.0235 e. The summed E-state index contributed by atoms with van der Waals surface area (Å²) in [6.07, 6.45) is 1.34. The zero-order chi connectivity index (χ0) is 7.56. The molecule has 10 heavy (non-hydrogen) atoms. The molecule has 0 saturated carbocycles. The Morgan fingerprint density at radius 3 is 2.80 bits per heavy atom. The number of hydrogen-bond acceptors (Lipinski definition) is 2. The van der Waals surface area contributed by atoms with E-state index in [0.717, 1.165) is 12.0 Å². The van der Waals surface area contributed by atoms with Crippen molar-refractivity contribution in [2.24, 2.45) is 5.92 Å². The van der Waals surface area contributed by atoms with Gasteiger partial charge in [0, 0.05) is 35.5 Å². The fraction of sp³-hybridized carbons (Fsp3) is 1.00. The van der Waals surface area contributed by atoms with Gasteiger partial charge >= 0.3 is 0 Å². The molecule has 1 aliphatic rings. The number of hydrogen-bond donors (Lipinski definition) is 1. The maximum absolute atomic E-state index is 3.49. The zero-order valence-electron chi connectivity index (χ0n) is 6.60. The van der Waals surface area contributed by atoms with Gasteiger partial charge < -0.3 is 5.32 Å². The molecule has 2 nitrogen and oxygen atoms in total. The van der Waals surface area contributed by atoms with Gasteiger partial charge in [-0.1, -0.05) is 6.92 Å². The Hall–Kier alpha value is 0.650. The quantitative estimate of drug-likeness (QED) is 0.589. The SMILES string of the molecule is C[C@H]1CCNC1CN(C)I. The summed E-state index contributed by atoms with van der Waals surface area (Å²) in [7, 11) is 2.12. The van der Waals surface area contributed by atoms with Crippen molar-refractivity contribution in [1.82, 2.24) is 8.43 Å². The molecule has 0 amide bonds. The molecule has 1 heterocycles. The van der Waals surface area contributed by atoms with Crippen molar-refractivity contribution in [3.63, 3.8) is 0 Å². The standard InChI is InChI=1S/C7H15IN2/c1-6-3-4-9-7(6)5-10(2)8/h6-7,9H,3-5H2,1-2H3/t6-,7?/m0/s1. The molecule has 1 fully saturated rings. The summed E-state index contributed by atoms with van der Waals surface area (Å²) in [5, 5.41) is 3.49. The Morgan fingerprint density at radius 2 is 2.40 bits per heavy atom. The molecule has 1 N–H and O–H groups in total. The van der Waals surface area contributed by atoms with E-state index in [4.69, 9.17) is 0 Å². The normalized spacial score (nSPS) is 33.6. The summed E-state index contributed by atoms with van der Waals surface area (Å²) < 4.78 is 2.22. The van der Waals surface area contributed by atoms with Gasteiger partial charge in [-0.05, 0) is 25.9 Å². The molecule has 0 aliphatic carbocycles. The van der Waals surface area contributed by atoms with Crippen LogP contribution in [-0.2, 0) is 0 Å². The van der Waals surface area contributed by atoms with E-state index in [1.807, 2.05) is 0 Å². The highest BCUT2D eigenvalue weighted by Crippen LogP contribution is 2.15. The fourth-order valence-corrected chi connectivity index (χ4v) is 1.84. The molecule has 0 aromatic heterocycles. The molecule has 1 saturated heterocycles. The van der Waals surface area contributed by atoms with Crippen LogP contribution in [0.25, 0.3) is 0 Å². The van der Waals surface area contributed by atoms with E-state index in [-0.39, 0.29) is 0 Å². The van der Waals surface area contributed by atoms with E-state index >= 15 is 0 Å². The van der Waals surface area contributed by atoms with Crippen LogP contribution in [0.1, 0.15) is 13.3 Å². The molecule has 0 aromatic carbocycles. The van der Waals surface area contributed by atoms with Crippen molar-refractivity contribution in [3.05, 3.63) is 0 Å². The second-order valence-electron chi connectivity index (χ2n) is 3.11. The molecule has 0 aromatic rings. The highest BCUT2D eigenvalue weighted by Gasteiger charge is 2.22. The van der Waals surface area contributed by atoms with Gasteiger partial charge in [0.15, 0.2) is 0 Å². The minimum absolute atomic E-state index is 0.724. The van der Waals surface area contributed by atoms with Gasteiger partial charge in [0.2, 0.25) is 0 Å². The molecule has 1 aliphatic heterocycles. The van der Waals surface area contributed by atoms with E-state index < -0.39 is 0 Å². The molecule has 0 bridgehead atoms. The lowest BCUT2D eigenvalue weighted by molar-refractivity contribution is 0.415. The highest BCUT2D eigenvalue weighted by atomic mass is 127. The number of nitrogens with one attached hydrogen (secondary N) is 1. The second-order valence-corrected chi connectivity index (χ2v) is 4.76. The maximum Gasteiger partial charge on any atom is 0.0235 e. The molecule has 3 heteroatoms. The van der Waals surface area contributed by atoms with E-state index in [1.54, 1.807) is 0 Å². The topological polar surface area (TPSA) is 15.3 Å². The van der Waals surface area contributed by atoms with Crippen molar-refractivity contribution in [2.45, 2.75) is 19.4 Å². The summed E-state index contributed by atoms with van der Waals surface area (Å²) in [4.78, 5) is 0. The Bertz CT molecular complexity index is 106. The van der Waals surface area contributed by atoms with Gasteiger partial charge in [-0.2, -0.15) is 0 Å². The lowest BCUT2D eigenvalue weighted by Gasteiger charge is -2.18. The van der Waals surface area contributed by atoms with E-state index in [0.29, 0.717) is 0 Å². The lowest BCUT2D eigenvalue weighted by Crippen LogP contribution is -2.34. The minimum atomic E-state index is 0.724. The van der Waals surface area contributed by atoms with Crippen LogP contribution in [0.5, 0.6) is 0 Å². The van der Waals surface area contributed by atoms with Crippen molar-refractivity contribution in [2.75, 3.05) is 20.1 Å². The van der Waals surface area contributed by atoms with Gasteiger partial charge in [-0.15, -0.1) is 0 Å². The number of nitrogens with zero attached hydrogens (tertiary/aromatic N) is 1. The first kappa shape index (κ1) is 8.74. The first-order valence-electron chi connectivity index (χ1n) is 3.80. The van der Waals surface area contributed by atoms with Crippen molar-refractivity contribution < 1.29 is 0 Å². The van der Waals surface area contributed by atoms with Crippen LogP contribution in [0.15, 0.2) is 0 Å². The van der Waals surface area contributed by atoms with Gasteiger partial charge in [-0.25, -0.2) is 3.11 Å². The maximum atomic E-state index is 3.49. The third-order valence-electron chi connectivity index (χ3n) is 2.14. The van der Waals surface area contributed by atoms with Crippen molar-refractivity contribution in [3.8, 4) is 0 Å². The molecule has 1 unspecified atom stereocenters. The minimum Gasteiger partial charge on any atom is -0.312 e. The predicted octanol–water partition coefficient (Wildman–Crippen LogP) is 1.27. The average molecular weight is 254 g/mol. The molecular weight excluding hydrogens is 239 g/mol. The largest absolute Gasteiger partial charge is 0.312 e. The third kappa shape index (κ3) is 2.36. The second kappa shape index (κ2) is 3.88. The monoisotopic (exact) mass is 254 g/mol. The van der Waals surface area contributed by atoms with Crippen molar-refractivity contribution >= 4 is 22.9 Å². The van der Waals surface area contributed by atoms with Crippen LogP contribution in [-0.4, -0.2) is 29.3 Å². The van der Waals surface area contributed by atoms with Crippen LogP contribution in [0.4, 0.5) is 0 Å². The van der Waals surface area contributed by atoms with E-state index in [1.165, 1.54) is 19.5 Å². The van der Waals surface area contributed by atoms with Gasteiger partial charge in [0.25, 0.3) is 0 Å². The number of rotatable bonds is 2. The van der Waals surface area contributed by atoms with Gasteiger partial charge in [0.1, 0.15) is 0 Å². The first-order valence-corrected chi connectivity index (χ1v) is 4.77. The Morgan fingerprint density at radius 1 is 1.70 bits per heavy atom. The predicted molar refractivity (Wildman–Crippen MR) is 52.2 cm³/mol. The van der Waals surface area contributed by atoms with Crippen LogP contribution in [0, 0.1) is 5.92 Å². The molecule has 2 atom stereocenters. The van der Waals surface area contributed by atoms with Crippen LogP contribution in [0.2, 0.25) is 0 Å². The Labute approximate surface area is 76.9 Å². The summed E-state index contributed by atoms with van der Waals surface area (Å²) in [5.74, 6) is 0.859. The summed E-state index contributed by atoms with van der Waals surface area (Å²) in [6.45, 7) is 4.70. The van der Waals surface area contributed by atoms with E-state index in [2.05, 4.69) is 45.3 Å². The first-order chi connectivity index (χ1) is 4.70. The Balaban J connectivity index is 2.26. The van der Waals surface area contributed by atoms with Gasteiger partial charge in [0.05, 0.1) is 0 Å². The van der Waals surface area contributed by atoms with Crippen LogP contribution in [0.3, 0.4) is 0 Å². The van der Waals surface area contributed by atoms with Crippen molar-refractivity contribution in [1.29, 1.82) is 0 Å². The molecule has 1 rings (SSSR count). The van der Waals surface area contributed by atoms with Crippen LogP contribution >= 0.6 is 22.9 Å². The summed E-state index contributed by atoms with van der Waals surface area (Å²) in [5.41, 5.74) is 0. The zero-order valence-corrected chi connectivity index (χ0v) is 8.76. The van der Waals surface area contributed by atoms with E-state index in [9.17, 15) is 0 Å². The average Bonchev–Trinajstić information content (AvgIpc) is 2.15. The lowest BCUT2D eigenvalue weighted by atomic mass is 10.0. The fourth-order valence-electron chi connectivity index (χ4n) is 1.41. The highest BCUT2D eigenvalue weighted by molar-refractivity contribution is 14.1. The summed E-state index contributed by atoms with van der Waals surface area (Å²) in [6, 6.07) is 0.724. The molecule has 0 spiro atoms. The number of likely N-dealkylation sites (N-methyl/N-ethyl adjacent to an activating group) is 1.